The van der Waals surface area contributed by atoms with Gasteiger partial charge in [-0.1, -0.05) is 107 Å². The molecule has 0 spiro atoms. The second kappa shape index (κ2) is 47.4. The van der Waals surface area contributed by atoms with E-state index in [2.05, 4.69) is 36.0 Å². The van der Waals surface area contributed by atoms with Crippen LogP contribution in [0.25, 0.3) is 0 Å². The molecular formula is C78H121AlBrClLiN5O28. The Balaban J connectivity index is 0.000000294. The predicted octanol–water partition coefficient (Wildman–Crippen LogP) is 2.56. The number of ether oxygens (including phenoxy) is 19. The summed E-state index contributed by atoms with van der Waals surface area (Å²) in [6.45, 7) is 25.4. The van der Waals surface area contributed by atoms with Crippen LogP contribution in [-0.2, 0) is 124 Å². The van der Waals surface area contributed by atoms with E-state index in [9.17, 15) is 39.0 Å². The zero-order valence-electron chi connectivity index (χ0n) is 68.6. The zero-order chi connectivity index (χ0) is 83.0. The third-order valence-electron chi connectivity index (χ3n) is 18.7. The van der Waals surface area contributed by atoms with Crippen LogP contribution in [0.2, 0.25) is 0 Å². The smallest absolute Gasteiger partial charge is 1.00 e. The van der Waals surface area contributed by atoms with Crippen LogP contribution in [0.3, 0.4) is 0 Å². The molecule has 33 nitrogen and oxygen atoms in total. The maximum atomic E-state index is 12.2. The van der Waals surface area contributed by atoms with Crippen molar-refractivity contribution < 1.29 is 154 Å². The number of carbonyl (C=O) groups is 6. The van der Waals surface area contributed by atoms with Gasteiger partial charge in [0, 0.05) is 29.7 Å². The van der Waals surface area contributed by atoms with Crippen molar-refractivity contribution in [3.05, 3.63) is 108 Å². The van der Waals surface area contributed by atoms with Crippen LogP contribution in [0.5, 0.6) is 0 Å². The number of aliphatic hydroxyl groups excluding tert-OH is 3. The van der Waals surface area contributed by atoms with E-state index in [0.29, 0.717) is 57.4 Å². The molecule has 0 aromatic heterocycles. The Morgan fingerprint density at radius 2 is 0.730 bits per heavy atom. The fourth-order valence-electron chi connectivity index (χ4n) is 14.3. The number of nitrogens with two attached hydrogens (primary N) is 3. The second-order valence-corrected chi connectivity index (χ2v) is 31.0. The Bertz CT molecular complexity index is 3420. The average molecular weight is 1730 g/mol. The van der Waals surface area contributed by atoms with E-state index < -0.39 is 76.9 Å². The number of alkyl carbamates (subject to hydrolysis) is 2. The maximum Gasteiger partial charge on any atom is 1.00 e. The number of halogens is 2. The van der Waals surface area contributed by atoms with Crippen molar-refractivity contribution >= 4 is 80.4 Å². The molecular weight excluding hydrogens is 1600 g/mol. The van der Waals surface area contributed by atoms with E-state index in [0.717, 1.165) is 23.1 Å². The van der Waals surface area contributed by atoms with Gasteiger partial charge in [0.1, 0.15) is 99.4 Å². The minimum Gasteiger partial charge on any atom is -1.00 e. The molecule has 5 heterocycles. The van der Waals surface area contributed by atoms with Crippen LogP contribution >= 0.6 is 27.5 Å². The van der Waals surface area contributed by atoms with Crippen LogP contribution in [0, 0.1) is 0 Å². The molecule has 11 N–H and O–H groups in total. The van der Waals surface area contributed by atoms with Gasteiger partial charge in [0.25, 0.3) is 0 Å². The van der Waals surface area contributed by atoms with E-state index in [4.69, 9.17) is 114 Å². The summed E-state index contributed by atoms with van der Waals surface area (Å²) in [6.07, 6.45) is -2.48. The standard InChI is InChI=1S/C20H27NO7.C16H21NO5.C12H21NO5.C10H19NO4.C8H7ClO2.C8H15NO3.C4H7BrO2.Al.Li.4H/c1-4-24-16(22)12-25-15-10-14(17-18(15)28-20(2,3)27-17)21-19(23)26-11-13-8-6-5-7-9-13;1-16(2)21-13-11(8-12(18)14(13)22-16)17-15(19)20-9-10-6-4-3-5-7-10;1-4-15-9(14)6-16-8-5-7(13)10-11(8)18-12(2,3)17-10;1-10(2)14-8-6(11)5-7(9(8)15-10)13-4-3-12;9-8(10)11-6-7-4-2-1-3-5-7;1-8(2)11-6-4(9)3-5(10)7(6)12-8;1-2-7-4(6)3-5;;;;;;/h5-9,14-15,17-18H,4,10-12H2,1-3H3,(H,21,23);3-7,11-14,18H,8-9H2,1-2H3,(H,17,19);7-8,10-11H,4-6,13H2,1-3H3;6-9,12H,3-5,11H2,1-2H3;1-5H,6H2;4-7,10H,3,9H2,1-2H3;2-3H2,1H3;;;;;;/q;;;;;;;;+1;;;;-1/t14?,15-,17-,18+;11?,12-,13-,14+;7-,8+,10+,11-;6-,7+,8+,9-;;4-,5+,6+,7-;;;;;;;/m0011.1......./s1. The number of esters is 3. The number of benzene rings is 3. The molecule has 3 aromatic rings. The molecule has 2 amide bonds. The van der Waals surface area contributed by atoms with Gasteiger partial charge in [-0.05, 0) is 139 Å². The summed E-state index contributed by atoms with van der Waals surface area (Å²) in [5.74, 6) is -4.35. The van der Waals surface area contributed by atoms with E-state index in [1.165, 1.54) is 0 Å². The van der Waals surface area contributed by atoms with Gasteiger partial charge in [0.05, 0.1) is 75.6 Å². The Kier molecular flexibility index (Phi) is 41.6. The molecule has 20 atom stereocenters. The van der Waals surface area contributed by atoms with Crippen LogP contribution < -0.4 is 46.7 Å². The number of hydrogen-bond acceptors (Lipinski definition) is 31. The normalized spacial score (nSPS) is 31.2. The number of amides is 2. The van der Waals surface area contributed by atoms with Crippen LogP contribution in [0.4, 0.5) is 14.4 Å². The average Bonchev–Trinajstić information content (AvgIpc) is 1.65. The van der Waals surface area contributed by atoms with Crippen molar-refractivity contribution in [2.24, 2.45) is 17.2 Å². The molecule has 10 aliphatic rings. The van der Waals surface area contributed by atoms with E-state index in [1.54, 1.807) is 48.5 Å². The first-order valence-corrected chi connectivity index (χ1v) is 39.6. The van der Waals surface area contributed by atoms with E-state index in [1.807, 2.05) is 133 Å². The summed E-state index contributed by atoms with van der Waals surface area (Å²) in [5, 5.41) is 34.1. The number of carbonyl (C=O) groups excluding carboxylic acids is 6. The third kappa shape index (κ3) is 32.3. The molecule has 37 heteroatoms. The van der Waals surface area contributed by atoms with Gasteiger partial charge >= 0.3 is 54.4 Å². The second-order valence-electron chi connectivity index (χ2n) is 30.1. The van der Waals surface area contributed by atoms with Crippen molar-refractivity contribution in [1.82, 2.24) is 10.6 Å². The van der Waals surface area contributed by atoms with Gasteiger partial charge < -0.3 is 135 Å². The largest absolute Gasteiger partial charge is 1.00 e. The molecule has 644 valence electrons. The van der Waals surface area contributed by atoms with Crippen molar-refractivity contribution in [2.75, 3.05) is 51.6 Å². The number of hydrogen-bond donors (Lipinski definition) is 8. The quantitative estimate of drug-likeness (QED) is 0.0250. The number of rotatable bonds is 21. The van der Waals surface area contributed by atoms with Gasteiger partial charge in [-0.15, -0.1) is 0 Å². The van der Waals surface area contributed by atoms with Crippen molar-refractivity contribution in [2.45, 2.75) is 293 Å². The van der Waals surface area contributed by atoms with Gasteiger partial charge in [-0.3, -0.25) is 4.79 Å². The molecule has 5 aliphatic carbocycles. The maximum absolute atomic E-state index is 12.2. The van der Waals surface area contributed by atoms with Crippen LogP contribution in [0.15, 0.2) is 91.0 Å². The zero-order valence-corrected chi connectivity index (χ0v) is 69.9. The predicted molar refractivity (Wildman–Crippen MR) is 419 cm³/mol. The molecule has 115 heavy (non-hydrogen) atoms. The minimum absolute atomic E-state index is 0. The summed E-state index contributed by atoms with van der Waals surface area (Å²) in [5.41, 5.74) is 19.7. The molecule has 2 unspecified atom stereocenters. The molecule has 13 rings (SSSR count). The summed E-state index contributed by atoms with van der Waals surface area (Å²) in [6, 6.07) is 27.3. The Morgan fingerprint density at radius 1 is 0.435 bits per heavy atom. The number of nitrogens with one attached hydrogen (secondary N) is 2. The van der Waals surface area contributed by atoms with Gasteiger partial charge in [-0.2, -0.15) is 0 Å². The topological polar surface area (TPSA) is 441 Å². The van der Waals surface area contributed by atoms with Crippen molar-refractivity contribution in [3.8, 4) is 0 Å². The third-order valence-corrected chi connectivity index (χ3v) is 19.3. The molecule has 5 saturated carbocycles. The monoisotopic (exact) mass is 1720 g/mol. The molecule has 5 saturated heterocycles. The minimum atomic E-state index is -0.796. The molecule has 0 radical (unpaired) electrons. The SMILES string of the molecule is CC1(C)O[C@@H]2[C@@H](O)CC(NC(=O)OCc3ccccc3)[C@@H]2O1.CC1(C)O[C@@H]2[C@H](O1)[C@@H](O)C[C@H]2N.CC1(C)O[C@@H]2[C@H](O1)[C@@H](OCCO)C[C@H]2N.CCOC(=O)CBr.CCOC(=O)CO[C@H]1CC(NC(=O)OCc2ccccc2)[C@@H]2OC(C)(C)O[C@H]12.CCOC(=O)CO[C@H]1C[C@@H](N)[C@@H]2OC(C)(C)O[C@@H]21.O=C(Cl)OCc1ccccc1.[AlH3].[H-].[Li+]. The van der Waals surface area contributed by atoms with Gasteiger partial charge in [0.2, 0.25) is 0 Å². The van der Waals surface area contributed by atoms with Gasteiger partial charge in [0.15, 0.2) is 46.3 Å². The molecule has 5 aliphatic heterocycles. The Labute approximate surface area is 710 Å². The van der Waals surface area contributed by atoms with Crippen LogP contribution in [0.1, 0.15) is 140 Å². The molecule has 0 bridgehead atoms. The van der Waals surface area contributed by atoms with Crippen molar-refractivity contribution in [1.29, 1.82) is 0 Å². The number of aliphatic hydroxyl groups is 3. The van der Waals surface area contributed by atoms with Gasteiger partial charge in [-0.25, -0.2) is 24.0 Å². The molecule has 3 aromatic carbocycles. The first-order valence-electron chi connectivity index (χ1n) is 38.1. The Hall–Kier alpha value is -4.78. The summed E-state index contributed by atoms with van der Waals surface area (Å²) in [4.78, 5) is 67.3. The van der Waals surface area contributed by atoms with Crippen LogP contribution in [-0.4, -0.2) is 270 Å². The summed E-state index contributed by atoms with van der Waals surface area (Å²) >= 11 is 7.91. The van der Waals surface area contributed by atoms with Crippen molar-refractivity contribution in [3.63, 3.8) is 0 Å². The Morgan fingerprint density at radius 3 is 1.10 bits per heavy atom. The summed E-state index contributed by atoms with van der Waals surface area (Å²) in [7, 11) is 0. The fraction of sp³-hybridized carbons (Fsp3) is 0.692. The molecule has 10 fully saturated rings. The fourth-order valence-corrected chi connectivity index (χ4v) is 14.5. The van der Waals surface area contributed by atoms with E-state index in [-0.39, 0.29) is 187 Å². The number of alkyl halides is 1. The van der Waals surface area contributed by atoms with E-state index >= 15 is 0 Å². The first kappa shape index (κ1) is 101. The summed E-state index contributed by atoms with van der Waals surface area (Å²) < 4.78 is 103. The number of fused-ring (bicyclic) bond motifs is 5. The first-order chi connectivity index (χ1) is 53.4.